The van der Waals surface area contributed by atoms with Gasteiger partial charge in [0.05, 0.1) is 26.4 Å². The highest BCUT2D eigenvalue weighted by Gasteiger charge is 2.09. The number of anilines is 1. The van der Waals surface area contributed by atoms with E-state index in [2.05, 4.69) is 5.32 Å². The highest BCUT2D eigenvalue weighted by Crippen LogP contribution is 2.30. The second-order valence-corrected chi connectivity index (χ2v) is 5.64. The Hall–Kier alpha value is -2.66. The largest absolute Gasteiger partial charge is 0.497 e. The van der Waals surface area contributed by atoms with Gasteiger partial charge >= 0.3 is 0 Å². The van der Waals surface area contributed by atoms with E-state index in [9.17, 15) is 4.79 Å². The van der Waals surface area contributed by atoms with Gasteiger partial charge in [0.1, 0.15) is 17.2 Å². The minimum Gasteiger partial charge on any atom is -0.497 e. The molecule has 132 valence electrons. The monoisotopic (exact) mass is 361 g/mol. The van der Waals surface area contributed by atoms with Gasteiger partial charge in [-0.05, 0) is 42.8 Å². The Morgan fingerprint density at radius 1 is 1.00 bits per heavy atom. The molecule has 0 heterocycles. The fourth-order valence-electron chi connectivity index (χ4n) is 2.32. The van der Waals surface area contributed by atoms with E-state index in [0.717, 1.165) is 11.1 Å². The lowest BCUT2D eigenvalue weighted by molar-refractivity contribution is -0.111. The smallest absolute Gasteiger partial charge is 0.248 e. The minimum atomic E-state index is -0.267. The van der Waals surface area contributed by atoms with Gasteiger partial charge in [0.2, 0.25) is 5.91 Å². The average molecular weight is 362 g/mol. The summed E-state index contributed by atoms with van der Waals surface area (Å²) in [6, 6.07) is 10.5. The predicted octanol–water partition coefficient (Wildman–Crippen LogP) is 4.41. The third kappa shape index (κ3) is 4.67. The number of ether oxygens (including phenoxy) is 3. The molecule has 1 N–H and O–H groups in total. The summed E-state index contributed by atoms with van der Waals surface area (Å²) in [7, 11) is 4.70. The molecule has 5 nitrogen and oxygen atoms in total. The lowest BCUT2D eigenvalue weighted by Gasteiger charge is -2.11. The highest BCUT2D eigenvalue weighted by molar-refractivity contribution is 6.32. The van der Waals surface area contributed by atoms with Crippen molar-refractivity contribution >= 4 is 28.8 Å². The van der Waals surface area contributed by atoms with E-state index in [1.54, 1.807) is 38.5 Å². The Morgan fingerprint density at radius 2 is 1.72 bits per heavy atom. The van der Waals surface area contributed by atoms with E-state index < -0.39 is 0 Å². The number of hydrogen-bond acceptors (Lipinski definition) is 4. The summed E-state index contributed by atoms with van der Waals surface area (Å²) in [6.45, 7) is 1.84. The number of carbonyl (C=O) groups excluding carboxylic acids is 1. The molecule has 0 saturated heterocycles. The van der Waals surface area contributed by atoms with Crippen LogP contribution >= 0.6 is 11.6 Å². The number of nitrogens with one attached hydrogen (secondary N) is 1. The summed E-state index contributed by atoms with van der Waals surface area (Å²) in [4.78, 5) is 12.3. The van der Waals surface area contributed by atoms with Gasteiger partial charge in [0.25, 0.3) is 0 Å². The normalized spacial score (nSPS) is 11.0. The summed E-state index contributed by atoms with van der Waals surface area (Å²) in [5.41, 5.74) is 2.16. The van der Waals surface area contributed by atoms with Crippen LogP contribution in [0.3, 0.4) is 0 Å². The molecule has 1 amide bonds. The Morgan fingerprint density at radius 3 is 2.32 bits per heavy atom. The van der Waals surface area contributed by atoms with Crippen molar-refractivity contribution in [3.05, 3.63) is 53.1 Å². The molecule has 0 radical (unpaired) electrons. The Bertz CT molecular complexity index is 802. The van der Waals surface area contributed by atoms with Gasteiger partial charge in [0, 0.05) is 23.4 Å². The molecule has 0 saturated carbocycles. The molecule has 0 aliphatic carbocycles. The SMILES string of the molecule is COc1ccc(/C(C)=C/C(=O)Nc2ccc(OC)c(Cl)c2)c(OC)c1. The number of benzene rings is 2. The molecule has 6 heteroatoms. The molecule has 0 atom stereocenters. The third-order valence-electron chi connectivity index (χ3n) is 3.60. The molecule has 0 aromatic heterocycles. The lowest BCUT2D eigenvalue weighted by Crippen LogP contribution is -2.08. The Labute approximate surface area is 152 Å². The van der Waals surface area contributed by atoms with E-state index in [-0.39, 0.29) is 5.91 Å². The van der Waals surface area contributed by atoms with Gasteiger partial charge < -0.3 is 19.5 Å². The van der Waals surface area contributed by atoms with Crippen LogP contribution in [-0.4, -0.2) is 27.2 Å². The Kier molecular flexibility index (Phi) is 6.31. The van der Waals surface area contributed by atoms with Crippen molar-refractivity contribution in [3.8, 4) is 17.2 Å². The fraction of sp³-hybridized carbons (Fsp3) is 0.211. The summed E-state index contributed by atoms with van der Waals surface area (Å²) in [5, 5.41) is 3.20. The first-order chi connectivity index (χ1) is 12.0. The zero-order chi connectivity index (χ0) is 18.4. The molecule has 2 aromatic carbocycles. The lowest BCUT2D eigenvalue weighted by atomic mass is 10.1. The topological polar surface area (TPSA) is 56.8 Å². The standard InChI is InChI=1S/C19H20ClNO4/c1-12(15-7-6-14(23-2)11-18(15)25-4)9-19(22)21-13-5-8-17(24-3)16(20)10-13/h5-11H,1-4H3,(H,21,22)/b12-9+. The van der Waals surface area contributed by atoms with Crippen molar-refractivity contribution in [2.45, 2.75) is 6.92 Å². The van der Waals surface area contributed by atoms with Crippen LogP contribution in [0.1, 0.15) is 12.5 Å². The van der Waals surface area contributed by atoms with Crippen molar-refractivity contribution in [2.24, 2.45) is 0 Å². The second-order valence-electron chi connectivity index (χ2n) is 5.23. The van der Waals surface area contributed by atoms with Crippen LogP contribution < -0.4 is 19.5 Å². The Balaban J connectivity index is 2.19. The predicted molar refractivity (Wildman–Crippen MR) is 99.8 cm³/mol. The van der Waals surface area contributed by atoms with Crippen LogP contribution in [0.2, 0.25) is 5.02 Å². The molecule has 2 aromatic rings. The molecule has 0 aliphatic heterocycles. The molecule has 0 aliphatic rings. The van der Waals surface area contributed by atoms with Gasteiger partial charge in [-0.3, -0.25) is 4.79 Å². The summed E-state index contributed by atoms with van der Waals surface area (Å²) < 4.78 is 15.6. The van der Waals surface area contributed by atoms with E-state index in [1.807, 2.05) is 19.1 Å². The van der Waals surface area contributed by atoms with Crippen LogP contribution in [0, 0.1) is 0 Å². The minimum absolute atomic E-state index is 0.267. The summed E-state index contributed by atoms with van der Waals surface area (Å²) in [6.07, 6.45) is 1.50. The molecule has 0 unspecified atom stereocenters. The summed E-state index contributed by atoms with van der Waals surface area (Å²) >= 11 is 6.06. The number of methoxy groups -OCH3 is 3. The van der Waals surface area contributed by atoms with Crippen LogP contribution in [0.5, 0.6) is 17.2 Å². The maximum absolute atomic E-state index is 12.3. The molecular formula is C19H20ClNO4. The quantitative estimate of drug-likeness (QED) is 0.774. The number of carbonyl (C=O) groups is 1. The average Bonchev–Trinajstić information content (AvgIpc) is 2.61. The fourth-order valence-corrected chi connectivity index (χ4v) is 2.58. The first kappa shape index (κ1) is 18.7. The number of hydrogen-bond donors (Lipinski definition) is 1. The van der Waals surface area contributed by atoms with Crippen molar-refractivity contribution < 1.29 is 19.0 Å². The first-order valence-corrected chi connectivity index (χ1v) is 7.91. The molecule has 0 fully saturated rings. The molecule has 2 rings (SSSR count). The second kappa shape index (κ2) is 8.44. The van der Waals surface area contributed by atoms with Crippen LogP contribution in [0.15, 0.2) is 42.5 Å². The van der Waals surface area contributed by atoms with Crippen molar-refractivity contribution in [1.29, 1.82) is 0 Å². The van der Waals surface area contributed by atoms with E-state index in [4.69, 9.17) is 25.8 Å². The van der Waals surface area contributed by atoms with E-state index >= 15 is 0 Å². The van der Waals surface area contributed by atoms with Crippen LogP contribution in [0.25, 0.3) is 5.57 Å². The van der Waals surface area contributed by atoms with Gasteiger partial charge in [-0.2, -0.15) is 0 Å². The van der Waals surface area contributed by atoms with E-state index in [0.29, 0.717) is 28.0 Å². The van der Waals surface area contributed by atoms with Gasteiger partial charge in [0.15, 0.2) is 0 Å². The maximum atomic E-state index is 12.3. The zero-order valence-electron chi connectivity index (χ0n) is 14.6. The maximum Gasteiger partial charge on any atom is 0.248 e. The van der Waals surface area contributed by atoms with Crippen molar-refractivity contribution in [1.82, 2.24) is 0 Å². The number of rotatable bonds is 6. The summed E-state index contributed by atoms with van der Waals surface area (Å²) in [5.74, 6) is 1.60. The number of allylic oxidation sites excluding steroid dienone is 1. The van der Waals surface area contributed by atoms with Crippen molar-refractivity contribution in [3.63, 3.8) is 0 Å². The molecular weight excluding hydrogens is 342 g/mol. The molecule has 0 spiro atoms. The highest BCUT2D eigenvalue weighted by atomic mass is 35.5. The zero-order valence-corrected chi connectivity index (χ0v) is 15.3. The van der Waals surface area contributed by atoms with Crippen LogP contribution in [-0.2, 0) is 4.79 Å². The van der Waals surface area contributed by atoms with Gasteiger partial charge in [-0.25, -0.2) is 0 Å². The first-order valence-electron chi connectivity index (χ1n) is 7.53. The van der Waals surface area contributed by atoms with Crippen LogP contribution in [0.4, 0.5) is 5.69 Å². The van der Waals surface area contributed by atoms with Gasteiger partial charge in [-0.15, -0.1) is 0 Å². The number of halogens is 1. The third-order valence-corrected chi connectivity index (χ3v) is 3.90. The van der Waals surface area contributed by atoms with Crippen molar-refractivity contribution in [2.75, 3.05) is 26.6 Å². The molecule has 25 heavy (non-hydrogen) atoms. The van der Waals surface area contributed by atoms with Gasteiger partial charge in [-0.1, -0.05) is 11.6 Å². The van der Waals surface area contributed by atoms with E-state index in [1.165, 1.54) is 13.2 Å². The number of amides is 1. The molecule has 0 bridgehead atoms.